The van der Waals surface area contributed by atoms with Gasteiger partial charge in [-0.1, -0.05) is 12.5 Å². The van der Waals surface area contributed by atoms with Crippen molar-refractivity contribution in [3.8, 4) is 0 Å². The van der Waals surface area contributed by atoms with Crippen LogP contribution in [0.25, 0.3) is 10.9 Å². The monoisotopic (exact) mass is 294 g/mol. The Morgan fingerprint density at radius 1 is 1.27 bits per heavy atom. The number of hydrogen-bond donors (Lipinski definition) is 1. The van der Waals surface area contributed by atoms with Crippen molar-refractivity contribution in [2.45, 2.75) is 39.0 Å². The zero-order valence-corrected chi connectivity index (χ0v) is 13.0. The predicted octanol–water partition coefficient (Wildman–Crippen LogP) is 4.31. The third-order valence-corrected chi connectivity index (χ3v) is 5.58. The zero-order chi connectivity index (χ0) is 15.1. The molecular formula is C19H22N2O. The molecule has 1 heterocycles. The Balaban J connectivity index is 1.51. The van der Waals surface area contributed by atoms with Gasteiger partial charge in [-0.3, -0.25) is 9.78 Å². The molecule has 2 aromatic rings. The molecule has 114 valence electrons. The lowest BCUT2D eigenvalue weighted by Crippen LogP contribution is -2.20. The van der Waals surface area contributed by atoms with E-state index in [0.29, 0.717) is 12.3 Å². The molecule has 3 atom stereocenters. The van der Waals surface area contributed by atoms with Gasteiger partial charge in [-0.2, -0.15) is 0 Å². The van der Waals surface area contributed by atoms with Crippen LogP contribution >= 0.6 is 0 Å². The number of amides is 1. The van der Waals surface area contributed by atoms with E-state index in [0.717, 1.165) is 34.0 Å². The van der Waals surface area contributed by atoms with E-state index in [1.807, 2.05) is 24.3 Å². The van der Waals surface area contributed by atoms with Crippen molar-refractivity contribution < 1.29 is 4.79 Å². The number of fused-ring (bicyclic) bond motifs is 3. The van der Waals surface area contributed by atoms with Gasteiger partial charge in [0.15, 0.2) is 0 Å². The van der Waals surface area contributed by atoms with Crippen LogP contribution in [0.5, 0.6) is 0 Å². The summed E-state index contributed by atoms with van der Waals surface area (Å²) in [6.07, 6.45) is 7.81. The minimum atomic E-state index is 0.159. The highest BCUT2D eigenvalue weighted by Gasteiger charge is 2.40. The maximum absolute atomic E-state index is 12.4. The van der Waals surface area contributed by atoms with Crippen LogP contribution in [0.1, 0.15) is 37.7 Å². The summed E-state index contributed by atoms with van der Waals surface area (Å²) >= 11 is 0. The highest BCUT2D eigenvalue weighted by atomic mass is 16.1. The largest absolute Gasteiger partial charge is 0.325 e. The lowest BCUT2D eigenvalue weighted by atomic mass is 9.86. The fourth-order valence-corrected chi connectivity index (χ4v) is 4.49. The number of nitrogens with zero attached hydrogens (tertiary/aromatic N) is 1. The second kappa shape index (κ2) is 5.38. The Labute approximate surface area is 131 Å². The van der Waals surface area contributed by atoms with Crippen LogP contribution in [-0.4, -0.2) is 10.9 Å². The number of aromatic nitrogens is 1. The molecule has 4 rings (SSSR count). The van der Waals surface area contributed by atoms with Crippen LogP contribution < -0.4 is 5.32 Å². The van der Waals surface area contributed by atoms with Crippen molar-refractivity contribution >= 4 is 22.5 Å². The Kier molecular flexibility index (Phi) is 3.36. The molecule has 1 N–H and O–H groups in total. The summed E-state index contributed by atoms with van der Waals surface area (Å²) in [5.41, 5.74) is 3.00. The molecule has 0 saturated heterocycles. The minimum Gasteiger partial charge on any atom is -0.325 e. The number of carbonyl (C=O) groups is 1. The molecule has 2 bridgehead atoms. The van der Waals surface area contributed by atoms with Crippen molar-refractivity contribution in [1.82, 2.24) is 4.98 Å². The first-order chi connectivity index (χ1) is 10.7. The molecule has 2 aliphatic carbocycles. The lowest BCUT2D eigenvalue weighted by Gasteiger charge is -2.21. The quantitative estimate of drug-likeness (QED) is 0.916. The summed E-state index contributed by atoms with van der Waals surface area (Å²) in [6.45, 7) is 2.05. The minimum absolute atomic E-state index is 0.159. The second-order valence-corrected chi connectivity index (χ2v) is 7.02. The van der Waals surface area contributed by atoms with Gasteiger partial charge in [-0.15, -0.1) is 0 Å². The molecule has 0 radical (unpaired) electrons. The summed E-state index contributed by atoms with van der Waals surface area (Å²) in [5, 5.41) is 4.15. The van der Waals surface area contributed by atoms with Crippen molar-refractivity contribution in [3.63, 3.8) is 0 Å². The smallest absolute Gasteiger partial charge is 0.224 e. The summed E-state index contributed by atoms with van der Waals surface area (Å²) < 4.78 is 0. The lowest BCUT2D eigenvalue weighted by molar-refractivity contribution is -0.117. The van der Waals surface area contributed by atoms with E-state index in [1.54, 1.807) is 6.20 Å². The average Bonchev–Trinajstić information content (AvgIpc) is 3.13. The standard InChI is InChI=1S/C19H22N2O/c1-12-4-7-17(16-3-2-8-20-19(12)16)21-18(22)11-15-10-13-5-6-14(15)9-13/h2-4,7-8,13-15H,5-6,9-11H2,1H3,(H,21,22). The molecular weight excluding hydrogens is 272 g/mol. The maximum Gasteiger partial charge on any atom is 0.224 e. The fraction of sp³-hybridized carbons (Fsp3) is 0.474. The Morgan fingerprint density at radius 2 is 2.18 bits per heavy atom. The number of benzene rings is 1. The molecule has 0 spiro atoms. The van der Waals surface area contributed by atoms with Gasteiger partial charge in [0.25, 0.3) is 0 Å². The first kappa shape index (κ1) is 13.7. The van der Waals surface area contributed by atoms with E-state index in [9.17, 15) is 4.79 Å². The topological polar surface area (TPSA) is 42.0 Å². The van der Waals surface area contributed by atoms with Gasteiger partial charge in [0.05, 0.1) is 11.2 Å². The molecule has 3 nitrogen and oxygen atoms in total. The van der Waals surface area contributed by atoms with Gasteiger partial charge < -0.3 is 5.32 Å². The van der Waals surface area contributed by atoms with Crippen molar-refractivity contribution in [1.29, 1.82) is 0 Å². The molecule has 2 saturated carbocycles. The van der Waals surface area contributed by atoms with Crippen LogP contribution in [0.15, 0.2) is 30.5 Å². The van der Waals surface area contributed by atoms with Crippen LogP contribution in [0.3, 0.4) is 0 Å². The molecule has 2 fully saturated rings. The Bertz CT molecular complexity index is 724. The van der Waals surface area contributed by atoms with Crippen LogP contribution in [0, 0.1) is 24.7 Å². The number of aryl methyl sites for hydroxylation is 1. The van der Waals surface area contributed by atoms with E-state index in [1.165, 1.54) is 25.7 Å². The Morgan fingerprint density at radius 3 is 2.95 bits per heavy atom. The van der Waals surface area contributed by atoms with Crippen molar-refractivity contribution in [2.75, 3.05) is 5.32 Å². The third kappa shape index (κ3) is 2.39. The van der Waals surface area contributed by atoms with Gasteiger partial charge in [0, 0.05) is 18.0 Å². The highest BCUT2D eigenvalue weighted by molar-refractivity contribution is 6.01. The maximum atomic E-state index is 12.4. The van der Waals surface area contributed by atoms with Gasteiger partial charge in [0.1, 0.15) is 0 Å². The van der Waals surface area contributed by atoms with E-state index < -0.39 is 0 Å². The number of carbonyl (C=O) groups excluding carboxylic acids is 1. The summed E-state index contributed by atoms with van der Waals surface area (Å²) in [4.78, 5) is 16.9. The second-order valence-electron chi connectivity index (χ2n) is 7.02. The number of pyridine rings is 1. The predicted molar refractivity (Wildman–Crippen MR) is 88.7 cm³/mol. The van der Waals surface area contributed by atoms with Crippen molar-refractivity contribution in [2.24, 2.45) is 17.8 Å². The normalized spacial score (nSPS) is 26.5. The molecule has 0 aliphatic heterocycles. The summed E-state index contributed by atoms with van der Waals surface area (Å²) in [7, 11) is 0. The molecule has 1 amide bonds. The SMILES string of the molecule is Cc1ccc(NC(=O)CC2CC3CCC2C3)c2cccnc12. The molecule has 3 unspecified atom stereocenters. The van der Waals surface area contributed by atoms with E-state index in [4.69, 9.17) is 0 Å². The van der Waals surface area contributed by atoms with E-state index >= 15 is 0 Å². The zero-order valence-electron chi connectivity index (χ0n) is 13.0. The molecule has 1 aromatic heterocycles. The molecule has 2 aliphatic rings. The molecule has 22 heavy (non-hydrogen) atoms. The van der Waals surface area contributed by atoms with E-state index in [-0.39, 0.29) is 5.91 Å². The fourth-order valence-electron chi connectivity index (χ4n) is 4.49. The van der Waals surface area contributed by atoms with Crippen molar-refractivity contribution in [3.05, 3.63) is 36.0 Å². The molecule has 1 aromatic carbocycles. The summed E-state index contributed by atoms with van der Waals surface area (Å²) in [5.74, 6) is 2.46. The van der Waals surface area contributed by atoms with E-state index in [2.05, 4.69) is 17.2 Å². The van der Waals surface area contributed by atoms with Gasteiger partial charge in [-0.05, 0) is 67.7 Å². The van der Waals surface area contributed by atoms with Crippen LogP contribution in [0.2, 0.25) is 0 Å². The highest BCUT2D eigenvalue weighted by Crippen LogP contribution is 2.49. The Hall–Kier alpha value is -1.90. The number of nitrogens with one attached hydrogen (secondary N) is 1. The summed E-state index contributed by atoms with van der Waals surface area (Å²) in [6, 6.07) is 7.98. The van der Waals surface area contributed by atoms with Crippen LogP contribution in [0.4, 0.5) is 5.69 Å². The number of hydrogen-bond acceptors (Lipinski definition) is 2. The first-order valence-corrected chi connectivity index (χ1v) is 8.35. The van der Waals surface area contributed by atoms with Gasteiger partial charge >= 0.3 is 0 Å². The molecule has 3 heteroatoms. The first-order valence-electron chi connectivity index (χ1n) is 8.35. The van der Waals surface area contributed by atoms with Crippen LogP contribution in [-0.2, 0) is 4.79 Å². The third-order valence-electron chi connectivity index (χ3n) is 5.58. The number of rotatable bonds is 3. The van der Waals surface area contributed by atoms with Gasteiger partial charge in [0.2, 0.25) is 5.91 Å². The number of anilines is 1. The van der Waals surface area contributed by atoms with Gasteiger partial charge in [-0.25, -0.2) is 0 Å². The average molecular weight is 294 g/mol.